The summed E-state index contributed by atoms with van der Waals surface area (Å²) in [7, 11) is 0. The molecule has 0 aromatic carbocycles. The van der Waals surface area contributed by atoms with Crippen LogP contribution in [0.1, 0.15) is 58.2 Å². The summed E-state index contributed by atoms with van der Waals surface area (Å²) < 4.78 is 5.51. The lowest BCUT2D eigenvalue weighted by Gasteiger charge is -2.26. The Morgan fingerprint density at radius 3 is 2.52 bits per heavy atom. The van der Waals surface area contributed by atoms with E-state index in [9.17, 15) is 9.90 Å². The van der Waals surface area contributed by atoms with E-state index < -0.39 is 6.10 Å². The van der Waals surface area contributed by atoms with E-state index in [0.717, 1.165) is 11.4 Å². The number of nitrogens with zero attached hydrogens (tertiary/aromatic N) is 2. The van der Waals surface area contributed by atoms with E-state index in [4.69, 9.17) is 4.74 Å². The van der Waals surface area contributed by atoms with Gasteiger partial charge >= 0.3 is 0 Å². The summed E-state index contributed by atoms with van der Waals surface area (Å²) in [5.41, 5.74) is -0.0914. The van der Waals surface area contributed by atoms with Gasteiger partial charge in [-0.1, -0.05) is 27.7 Å². The molecule has 0 fully saturated rings. The van der Waals surface area contributed by atoms with Crippen molar-refractivity contribution in [2.24, 2.45) is 5.92 Å². The number of hydrogen-bond donors (Lipinski definition) is 2. The van der Waals surface area contributed by atoms with E-state index >= 15 is 0 Å². The molecule has 0 aliphatic carbocycles. The second-order valence-corrected chi connectivity index (χ2v) is 9.22. The zero-order valence-electron chi connectivity index (χ0n) is 17.3. The lowest BCUT2D eigenvalue weighted by Crippen LogP contribution is -2.38. The second-order valence-electron chi connectivity index (χ2n) is 8.16. The minimum Gasteiger partial charge on any atom is -0.389 e. The van der Waals surface area contributed by atoms with E-state index in [0.29, 0.717) is 42.7 Å². The fourth-order valence-corrected chi connectivity index (χ4v) is 3.99. The predicted octanol–water partition coefficient (Wildman–Crippen LogP) is 3.35. The van der Waals surface area contributed by atoms with Gasteiger partial charge in [-0.3, -0.25) is 9.69 Å². The molecule has 0 aliphatic rings. The molecular weight excluding hydrogens is 362 g/mol. The molecule has 2 rings (SSSR count). The van der Waals surface area contributed by atoms with Crippen molar-refractivity contribution in [3.63, 3.8) is 0 Å². The number of thiophene rings is 1. The maximum atomic E-state index is 12.5. The minimum atomic E-state index is -0.573. The van der Waals surface area contributed by atoms with Crippen LogP contribution in [0, 0.1) is 5.92 Å². The summed E-state index contributed by atoms with van der Waals surface area (Å²) in [6.45, 7) is 14.5. The first-order valence-corrected chi connectivity index (χ1v) is 10.5. The van der Waals surface area contributed by atoms with Crippen LogP contribution in [0.15, 0.2) is 10.9 Å². The first-order valence-electron chi connectivity index (χ1n) is 9.70. The van der Waals surface area contributed by atoms with Crippen LogP contribution < -0.4 is 5.56 Å². The average molecular weight is 396 g/mol. The summed E-state index contributed by atoms with van der Waals surface area (Å²) in [5.74, 6) is 1.45. The smallest absolute Gasteiger partial charge is 0.259 e. The maximum Gasteiger partial charge on any atom is 0.259 e. The standard InChI is InChI=1S/C20H33N3O3S/c1-12(2)8-23(9-15(24)11-26-14(5)6)10-18-21-19(25)16-7-17(13(3)4)27-20(16)22-18/h7,12-15,24H,8-11H2,1-6H3,(H,21,22,25). The Morgan fingerprint density at radius 2 is 1.93 bits per heavy atom. The molecule has 0 bridgehead atoms. The van der Waals surface area contributed by atoms with Crippen LogP contribution in [0.2, 0.25) is 0 Å². The van der Waals surface area contributed by atoms with Gasteiger partial charge in [-0.2, -0.15) is 0 Å². The molecule has 7 heteroatoms. The van der Waals surface area contributed by atoms with Gasteiger partial charge in [0.15, 0.2) is 0 Å². The van der Waals surface area contributed by atoms with Crippen molar-refractivity contribution in [3.8, 4) is 0 Å². The van der Waals surface area contributed by atoms with E-state index in [1.54, 1.807) is 11.3 Å². The van der Waals surface area contributed by atoms with Crippen LogP contribution in [0.4, 0.5) is 0 Å². The Morgan fingerprint density at radius 1 is 1.22 bits per heavy atom. The van der Waals surface area contributed by atoms with E-state index in [1.807, 2.05) is 19.9 Å². The number of aromatic nitrogens is 2. The van der Waals surface area contributed by atoms with Crippen LogP contribution in [-0.4, -0.2) is 51.9 Å². The molecule has 0 radical (unpaired) electrons. The van der Waals surface area contributed by atoms with Crippen molar-refractivity contribution in [1.82, 2.24) is 14.9 Å². The third-order valence-corrected chi connectivity index (χ3v) is 5.46. The molecular formula is C20H33N3O3S. The van der Waals surface area contributed by atoms with Gasteiger partial charge in [0.25, 0.3) is 5.56 Å². The summed E-state index contributed by atoms with van der Waals surface area (Å²) in [4.78, 5) is 24.1. The third-order valence-electron chi connectivity index (χ3n) is 4.13. The highest BCUT2D eigenvalue weighted by atomic mass is 32.1. The lowest BCUT2D eigenvalue weighted by atomic mass is 10.2. The molecule has 2 heterocycles. The molecule has 0 saturated heterocycles. The highest BCUT2D eigenvalue weighted by molar-refractivity contribution is 7.18. The second kappa shape index (κ2) is 9.78. The zero-order chi connectivity index (χ0) is 20.1. The summed E-state index contributed by atoms with van der Waals surface area (Å²) in [5, 5.41) is 11.0. The molecule has 152 valence electrons. The first kappa shape index (κ1) is 22.0. The molecule has 2 N–H and O–H groups in total. The Bertz CT molecular complexity index is 782. The molecule has 27 heavy (non-hydrogen) atoms. The van der Waals surface area contributed by atoms with E-state index in [2.05, 4.69) is 42.6 Å². The number of fused-ring (bicyclic) bond motifs is 1. The Hall–Kier alpha value is -1.28. The molecule has 2 aromatic rings. The summed E-state index contributed by atoms with van der Waals surface area (Å²) in [6.07, 6.45) is -0.483. The topological polar surface area (TPSA) is 78.5 Å². The van der Waals surface area contributed by atoms with Crippen LogP contribution >= 0.6 is 11.3 Å². The van der Waals surface area contributed by atoms with Crippen molar-refractivity contribution >= 4 is 21.6 Å². The maximum absolute atomic E-state index is 12.5. The van der Waals surface area contributed by atoms with Gasteiger partial charge < -0.3 is 14.8 Å². The molecule has 0 spiro atoms. The Balaban J connectivity index is 2.17. The summed E-state index contributed by atoms with van der Waals surface area (Å²) in [6, 6.07) is 1.94. The molecule has 1 atom stereocenters. The lowest BCUT2D eigenvalue weighted by molar-refractivity contribution is -0.0111. The number of rotatable bonds is 10. The minimum absolute atomic E-state index is 0.0904. The fourth-order valence-electron chi connectivity index (χ4n) is 2.94. The Kier molecular flexibility index (Phi) is 7.97. The van der Waals surface area contributed by atoms with Gasteiger partial charge in [0.05, 0.1) is 30.7 Å². The van der Waals surface area contributed by atoms with Crippen molar-refractivity contribution < 1.29 is 9.84 Å². The number of aromatic amines is 1. The number of aliphatic hydroxyl groups is 1. The van der Waals surface area contributed by atoms with Gasteiger partial charge in [-0.05, 0) is 31.7 Å². The first-order chi connectivity index (χ1) is 12.7. The van der Waals surface area contributed by atoms with Gasteiger partial charge in [0.1, 0.15) is 10.7 Å². The Labute approximate surface area is 165 Å². The summed E-state index contributed by atoms with van der Waals surface area (Å²) >= 11 is 1.58. The van der Waals surface area contributed by atoms with Crippen molar-refractivity contribution in [2.45, 2.75) is 66.2 Å². The van der Waals surface area contributed by atoms with Gasteiger partial charge in [-0.25, -0.2) is 4.98 Å². The number of hydrogen-bond acceptors (Lipinski definition) is 6. The average Bonchev–Trinajstić information content (AvgIpc) is 2.97. The van der Waals surface area contributed by atoms with Crippen LogP contribution in [0.3, 0.4) is 0 Å². The fraction of sp³-hybridized carbons (Fsp3) is 0.700. The normalized spacial score (nSPS) is 13.6. The monoisotopic (exact) mass is 395 g/mol. The number of nitrogens with one attached hydrogen (secondary N) is 1. The van der Waals surface area contributed by atoms with Crippen LogP contribution in [0.25, 0.3) is 10.2 Å². The van der Waals surface area contributed by atoms with Gasteiger partial charge in [0, 0.05) is 18.0 Å². The molecule has 0 amide bonds. The van der Waals surface area contributed by atoms with Gasteiger partial charge in [-0.15, -0.1) is 11.3 Å². The molecule has 0 saturated carbocycles. The highest BCUT2D eigenvalue weighted by Gasteiger charge is 2.17. The quantitative estimate of drug-likeness (QED) is 0.645. The number of ether oxygens (including phenoxy) is 1. The van der Waals surface area contributed by atoms with Crippen molar-refractivity contribution in [2.75, 3.05) is 19.7 Å². The van der Waals surface area contributed by atoms with Gasteiger partial charge in [0.2, 0.25) is 0 Å². The molecule has 1 unspecified atom stereocenters. The van der Waals surface area contributed by atoms with Crippen LogP contribution in [-0.2, 0) is 11.3 Å². The highest BCUT2D eigenvalue weighted by Crippen LogP contribution is 2.27. The predicted molar refractivity (Wildman–Crippen MR) is 112 cm³/mol. The molecule has 0 aliphatic heterocycles. The zero-order valence-corrected chi connectivity index (χ0v) is 18.1. The van der Waals surface area contributed by atoms with E-state index in [-0.39, 0.29) is 11.7 Å². The SMILES string of the molecule is CC(C)CN(Cc1nc2sc(C(C)C)cc2c(=O)[nH]1)CC(O)COC(C)C. The van der Waals surface area contributed by atoms with Crippen LogP contribution in [0.5, 0.6) is 0 Å². The number of aliphatic hydroxyl groups excluding tert-OH is 1. The van der Waals surface area contributed by atoms with Crippen molar-refractivity contribution in [3.05, 3.63) is 27.1 Å². The third kappa shape index (κ3) is 6.68. The van der Waals surface area contributed by atoms with E-state index in [1.165, 1.54) is 4.88 Å². The molecule has 2 aromatic heterocycles. The van der Waals surface area contributed by atoms with Crippen molar-refractivity contribution in [1.29, 1.82) is 0 Å². The molecule has 6 nitrogen and oxygen atoms in total. The largest absolute Gasteiger partial charge is 0.389 e. The number of H-pyrrole nitrogens is 1.